The summed E-state index contributed by atoms with van der Waals surface area (Å²) in [5, 5.41) is 12.0. The van der Waals surface area contributed by atoms with E-state index in [2.05, 4.69) is 4.99 Å². The topological polar surface area (TPSA) is 109 Å². The molecule has 3 heterocycles. The van der Waals surface area contributed by atoms with Crippen LogP contribution in [0, 0.1) is 15.9 Å². The number of para-hydroxylation sites is 1. The molecule has 11 heteroatoms. The van der Waals surface area contributed by atoms with Gasteiger partial charge < -0.3 is 9.30 Å². The van der Waals surface area contributed by atoms with Gasteiger partial charge in [0, 0.05) is 41.3 Å². The third kappa shape index (κ3) is 5.19. The van der Waals surface area contributed by atoms with E-state index in [1.165, 1.54) is 40.2 Å². The van der Waals surface area contributed by atoms with E-state index in [9.17, 15) is 24.1 Å². The van der Waals surface area contributed by atoms with Crippen molar-refractivity contribution in [1.82, 2.24) is 9.13 Å². The maximum Gasteiger partial charge on any atom is 0.338 e. The van der Waals surface area contributed by atoms with Crippen molar-refractivity contribution in [2.45, 2.75) is 26.4 Å². The summed E-state index contributed by atoms with van der Waals surface area (Å²) in [4.78, 5) is 42.7. The molecule has 0 fully saturated rings. The molecule has 1 unspecified atom stereocenters. The van der Waals surface area contributed by atoms with E-state index in [0.717, 1.165) is 22.0 Å². The second kappa shape index (κ2) is 11.3. The lowest BCUT2D eigenvalue weighted by molar-refractivity contribution is -0.384. The highest BCUT2D eigenvalue weighted by Gasteiger charge is 2.33. The second-order valence-corrected chi connectivity index (χ2v) is 11.0. The van der Waals surface area contributed by atoms with Crippen molar-refractivity contribution in [1.29, 1.82) is 0 Å². The first-order valence-corrected chi connectivity index (χ1v) is 14.3. The standard InChI is InChI=1S/C32H25FN4O5S/c1-3-42-31(39)28-19(2)34-32-36(29(28)21-10-12-23(33)13-11-21)30(38)27(43-32)16-22-18-35(26-7-5-4-6-25(22)26)17-20-8-14-24(15-9-20)37(40)41/h4-16,18,29H,3,17H2,1-2H3. The second-order valence-electron chi connectivity index (χ2n) is 10.0. The van der Waals surface area contributed by atoms with E-state index in [1.54, 1.807) is 38.1 Å². The number of nitro groups is 1. The Labute approximate surface area is 248 Å². The largest absolute Gasteiger partial charge is 0.463 e. The molecule has 0 radical (unpaired) electrons. The fourth-order valence-corrected chi connectivity index (χ4v) is 6.37. The number of nitrogens with zero attached hydrogens (tertiary/aromatic N) is 4. The van der Waals surface area contributed by atoms with Crippen molar-refractivity contribution in [3.63, 3.8) is 0 Å². The van der Waals surface area contributed by atoms with Crippen LogP contribution >= 0.6 is 11.3 Å². The minimum atomic E-state index is -0.832. The summed E-state index contributed by atoms with van der Waals surface area (Å²) >= 11 is 1.21. The fraction of sp³-hybridized carbons (Fsp3) is 0.156. The Balaban J connectivity index is 1.48. The fourth-order valence-electron chi connectivity index (χ4n) is 5.33. The van der Waals surface area contributed by atoms with Crippen molar-refractivity contribution < 1.29 is 18.8 Å². The number of nitro benzene ring substituents is 1. The average Bonchev–Trinajstić information content (AvgIpc) is 3.49. The van der Waals surface area contributed by atoms with Crippen molar-refractivity contribution in [3.05, 3.63) is 143 Å². The molecule has 6 rings (SSSR count). The van der Waals surface area contributed by atoms with Crippen LogP contribution in [0.25, 0.3) is 17.0 Å². The molecule has 0 amide bonds. The molecule has 0 N–H and O–H groups in total. The first-order valence-electron chi connectivity index (χ1n) is 13.5. The first kappa shape index (κ1) is 28.0. The molecule has 1 aliphatic heterocycles. The Morgan fingerprint density at radius 2 is 1.84 bits per heavy atom. The van der Waals surface area contributed by atoms with Crippen molar-refractivity contribution in [2.24, 2.45) is 4.99 Å². The molecule has 1 atom stereocenters. The van der Waals surface area contributed by atoms with Gasteiger partial charge in [-0.1, -0.05) is 53.8 Å². The Morgan fingerprint density at radius 1 is 1.12 bits per heavy atom. The van der Waals surface area contributed by atoms with Crippen LogP contribution in [0.4, 0.5) is 10.1 Å². The van der Waals surface area contributed by atoms with Crippen LogP contribution in [-0.2, 0) is 16.1 Å². The molecule has 43 heavy (non-hydrogen) atoms. The van der Waals surface area contributed by atoms with Gasteiger partial charge in [0.05, 0.1) is 33.4 Å². The van der Waals surface area contributed by atoms with Gasteiger partial charge in [0.15, 0.2) is 4.80 Å². The number of carbonyl (C=O) groups is 1. The van der Waals surface area contributed by atoms with Crippen molar-refractivity contribution >= 4 is 40.0 Å². The zero-order valence-electron chi connectivity index (χ0n) is 23.2. The molecule has 0 bridgehead atoms. The number of benzene rings is 3. The summed E-state index contributed by atoms with van der Waals surface area (Å²) in [6.45, 7) is 4.03. The zero-order chi connectivity index (χ0) is 30.2. The van der Waals surface area contributed by atoms with E-state index >= 15 is 0 Å². The van der Waals surface area contributed by atoms with Gasteiger partial charge in [-0.05, 0) is 49.2 Å². The van der Waals surface area contributed by atoms with Crippen LogP contribution < -0.4 is 14.9 Å². The monoisotopic (exact) mass is 596 g/mol. The zero-order valence-corrected chi connectivity index (χ0v) is 24.0. The maximum absolute atomic E-state index is 14.0. The Bertz CT molecular complexity index is 2110. The quantitative estimate of drug-likeness (QED) is 0.152. The summed E-state index contributed by atoms with van der Waals surface area (Å²) in [5.74, 6) is -1.01. The van der Waals surface area contributed by atoms with Gasteiger partial charge in [-0.2, -0.15) is 0 Å². The molecule has 2 aromatic heterocycles. The molecule has 3 aromatic carbocycles. The Kier molecular flexibility index (Phi) is 7.32. The van der Waals surface area contributed by atoms with Crippen LogP contribution in [0.15, 0.2) is 100 Å². The smallest absolute Gasteiger partial charge is 0.338 e. The van der Waals surface area contributed by atoms with Crippen molar-refractivity contribution in [2.75, 3.05) is 6.61 Å². The lowest BCUT2D eigenvalue weighted by Gasteiger charge is -2.24. The summed E-state index contributed by atoms with van der Waals surface area (Å²) in [7, 11) is 0. The summed E-state index contributed by atoms with van der Waals surface area (Å²) < 4.78 is 23.1. The number of rotatable bonds is 7. The van der Waals surface area contributed by atoms with E-state index in [-0.39, 0.29) is 23.4 Å². The van der Waals surface area contributed by atoms with Gasteiger partial charge in [0.1, 0.15) is 5.82 Å². The van der Waals surface area contributed by atoms with E-state index in [1.807, 2.05) is 41.1 Å². The Hall–Kier alpha value is -5.16. The van der Waals surface area contributed by atoms with Crippen LogP contribution in [0.3, 0.4) is 0 Å². The molecule has 216 valence electrons. The summed E-state index contributed by atoms with van der Waals surface area (Å²) in [6.07, 6.45) is 3.75. The highest BCUT2D eigenvalue weighted by molar-refractivity contribution is 7.07. The first-order chi connectivity index (χ1) is 20.7. The molecule has 0 saturated heterocycles. The molecule has 1 aliphatic rings. The van der Waals surface area contributed by atoms with Gasteiger partial charge >= 0.3 is 5.97 Å². The van der Waals surface area contributed by atoms with Crippen LogP contribution in [0.2, 0.25) is 0 Å². The average molecular weight is 597 g/mol. The number of hydrogen-bond acceptors (Lipinski definition) is 7. The van der Waals surface area contributed by atoms with Gasteiger partial charge in [-0.3, -0.25) is 19.5 Å². The molecule has 9 nitrogen and oxygen atoms in total. The number of thiazole rings is 1. The summed E-state index contributed by atoms with van der Waals surface area (Å²) in [5.41, 5.74) is 3.54. The predicted molar refractivity (Wildman–Crippen MR) is 161 cm³/mol. The minimum Gasteiger partial charge on any atom is -0.463 e. The number of allylic oxidation sites excluding steroid dienone is 1. The Morgan fingerprint density at radius 3 is 2.53 bits per heavy atom. The van der Waals surface area contributed by atoms with E-state index in [4.69, 9.17) is 4.74 Å². The van der Waals surface area contributed by atoms with Gasteiger partial charge in [-0.15, -0.1) is 0 Å². The SMILES string of the molecule is CCOC(=O)C1=C(C)N=c2sc(=Cc3cn(Cc4ccc([N+](=O)[O-])cc4)c4ccccc34)c(=O)n2C1c1ccc(F)cc1. The third-order valence-electron chi connectivity index (χ3n) is 7.31. The number of ether oxygens (including phenoxy) is 1. The highest BCUT2D eigenvalue weighted by atomic mass is 32.1. The summed E-state index contributed by atoms with van der Waals surface area (Å²) in [6, 6.07) is 19.1. The predicted octanol–water partition coefficient (Wildman–Crippen LogP) is 4.85. The number of non-ortho nitro benzene ring substituents is 1. The lowest BCUT2D eigenvalue weighted by atomic mass is 9.96. The highest BCUT2D eigenvalue weighted by Crippen LogP contribution is 2.31. The molecular formula is C32H25FN4O5S. The van der Waals surface area contributed by atoms with E-state index < -0.39 is 22.8 Å². The minimum absolute atomic E-state index is 0.0254. The number of halogens is 1. The molecular weight excluding hydrogens is 571 g/mol. The third-order valence-corrected chi connectivity index (χ3v) is 8.29. The van der Waals surface area contributed by atoms with Crippen molar-refractivity contribution in [3.8, 4) is 0 Å². The van der Waals surface area contributed by atoms with Crippen LogP contribution in [-0.4, -0.2) is 26.6 Å². The van der Waals surface area contributed by atoms with E-state index in [0.29, 0.717) is 27.1 Å². The normalized spacial score (nSPS) is 15.0. The van der Waals surface area contributed by atoms with Gasteiger partial charge in [0.25, 0.3) is 11.2 Å². The molecule has 5 aromatic rings. The number of fused-ring (bicyclic) bond motifs is 2. The van der Waals surface area contributed by atoms with Crippen LogP contribution in [0.1, 0.15) is 36.6 Å². The number of aromatic nitrogens is 2. The van der Waals surface area contributed by atoms with Gasteiger partial charge in [-0.25, -0.2) is 14.2 Å². The number of hydrogen-bond donors (Lipinski definition) is 0. The van der Waals surface area contributed by atoms with Crippen LogP contribution in [0.5, 0.6) is 0 Å². The molecule has 0 saturated carbocycles. The number of carbonyl (C=O) groups excluding carboxylic acids is 1. The molecule has 0 aliphatic carbocycles. The maximum atomic E-state index is 14.0. The number of esters is 1. The lowest BCUT2D eigenvalue weighted by Crippen LogP contribution is -2.39. The molecule has 0 spiro atoms. The van der Waals surface area contributed by atoms with Gasteiger partial charge in [0.2, 0.25) is 0 Å².